The molecule has 0 spiro atoms. The number of hydrogen-bond donors (Lipinski definition) is 2. The Morgan fingerprint density at radius 3 is 2.70 bits per heavy atom. The van der Waals surface area contributed by atoms with Gasteiger partial charge in [-0.3, -0.25) is 4.90 Å². The molecule has 4 rings (SSSR count). The van der Waals surface area contributed by atoms with Gasteiger partial charge in [0.2, 0.25) is 0 Å². The van der Waals surface area contributed by atoms with Crippen molar-refractivity contribution in [1.82, 2.24) is 10.2 Å². The summed E-state index contributed by atoms with van der Waals surface area (Å²) in [6, 6.07) is 15.9. The van der Waals surface area contributed by atoms with E-state index in [1.54, 1.807) is 0 Å². The van der Waals surface area contributed by atoms with Gasteiger partial charge in [-0.25, -0.2) is 4.79 Å². The number of carbonyl (C=O) groups is 1. The van der Waals surface area contributed by atoms with E-state index < -0.39 is 0 Å². The van der Waals surface area contributed by atoms with Gasteiger partial charge in [-0.05, 0) is 55.6 Å². The van der Waals surface area contributed by atoms with E-state index in [1.807, 2.05) is 36.4 Å². The molecule has 2 N–H and O–H groups in total. The third-order valence-electron chi connectivity index (χ3n) is 5.32. The predicted octanol–water partition coefficient (Wildman–Crippen LogP) is 3.80. The number of carbonyl (C=O) groups excluding carboxylic acids is 1. The zero-order valence-electron chi connectivity index (χ0n) is 15.6. The van der Waals surface area contributed by atoms with Crippen LogP contribution < -0.4 is 15.4 Å². The molecule has 2 aromatic rings. The molecule has 1 fully saturated rings. The Labute approximate surface area is 160 Å². The van der Waals surface area contributed by atoms with Crippen molar-refractivity contribution in [3.8, 4) is 5.75 Å². The van der Waals surface area contributed by atoms with E-state index in [9.17, 15) is 4.79 Å². The Bertz CT molecular complexity index is 787. The molecule has 0 bridgehead atoms. The minimum absolute atomic E-state index is 0.0193. The molecule has 0 aromatic heterocycles. The summed E-state index contributed by atoms with van der Waals surface area (Å²) in [7, 11) is 0. The second kappa shape index (κ2) is 8.44. The number of likely N-dealkylation sites (tertiary alicyclic amines) is 1. The van der Waals surface area contributed by atoms with Crippen LogP contribution in [0, 0.1) is 0 Å². The van der Waals surface area contributed by atoms with Gasteiger partial charge in [-0.2, -0.15) is 0 Å². The number of anilines is 1. The van der Waals surface area contributed by atoms with Crippen LogP contribution in [-0.2, 0) is 13.0 Å². The van der Waals surface area contributed by atoms with Crippen molar-refractivity contribution in [3.63, 3.8) is 0 Å². The number of fused-ring (bicyclic) bond motifs is 1. The molecule has 1 atom stereocenters. The van der Waals surface area contributed by atoms with E-state index in [0.717, 1.165) is 43.1 Å². The fraction of sp³-hybridized carbons (Fsp3) is 0.409. The van der Waals surface area contributed by atoms with Crippen LogP contribution in [-0.4, -0.2) is 36.7 Å². The Morgan fingerprint density at radius 1 is 1.04 bits per heavy atom. The average molecular weight is 365 g/mol. The van der Waals surface area contributed by atoms with Crippen molar-refractivity contribution < 1.29 is 9.53 Å². The smallest absolute Gasteiger partial charge is 0.319 e. The molecule has 2 aliphatic heterocycles. The Kier molecular flexibility index (Phi) is 5.58. The second-order valence-corrected chi connectivity index (χ2v) is 7.41. The highest BCUT2D eigenvalue weighted by molar-refractivity contribution is 5.90. The van der Waals surface area contributed by atoms with Gasteiger partial charge >= 0.3 is 6.03 Å². The number of nitrogens with one attached hydrogen (secondary N) is 2. The maximum Gasteiger partial charge on any atom is 0.319 e. The van der Waals surface area contributed by atoms with Crippen LogP contribution in [0.5, 0.6) is 5.75 Å². The van der Waals surface area contributed by atoms with Gasteiger partial charge in [0.05, 0.1) is 6.04 Å². The molecular formula is C22H27N3O2. The lowest BCUT2D eigenvalue weighted by molar-refractivity contribution is 0.220. The number of nitrogens with zero attached hydrogens (tertiary/aromatic N) is 1. The number of benzene rings is 2. The van der Waals surface area contributed by atoms with Crippen molar-refractivity contribution >= 4 is 11.7 Å². The van der Waals surface area contributed by atoms with Crippen molar-refractivity contribution in [1.29, 1.82) is 0 Å². The topological polar surface area (TPSA) is 53.6 Å². The molecule has 0 saturated carbocycles. The van der Waals surface area contributed by atoms with Crippen LogP contribution in [0.4, 0.5) is 10.5 Å². The first-order valence-electron chi connectivity index (χ1n) is 9.86. The van der Waals surface area contributed by atoms with Crippen LogP contribution >= 0.6 is 0 Å². The minimum Gasteiger partial charge on any atom is -0.491 e. The highest BCUT2D eigenvalue weighted by Crippen LogP contribution is 2.24. The summed E-state index contributed by atoms with van der Waals surface area (Å²) in [6.07, 6.45) is 4.64. The number of ether oxygens (including phenoxy) is 1. The lowest BCUT2D eigenvalue weighted by Crippen LogP contribution is -2.44. The number of urea groups is 1. The summed E-state index contributed by atoms with van der Waals surface area (Å²) >= 11 is 0. The summed E-state index contributed by atoms with van der Waals surface area (Å²) in [6.45, 7) is 3.66. The molecule has 0 aliphatic carbocycles. The van der Waals surface area contributed by atoms with E-state index in [2.05, 4.69) is 27.7 Å². The maximum atomic E-state index is 12.5. The summed E-state index contributed by atoms with van der Waals surface area (Å²) in [5.74, 6) is 0.919. The van der Waals surface area contributed by atoms with E-state index in [1.165, 1.54) is 24.8 Å². The highest BCUT2D eigenvalue weighted by Gasteiger charge is 2.21. The zero-order chi connectivity index (χ0) is 18.5. The Balaban J connectivity index is 1.36. The van der Waals surface area contributed by atoms with Crippen LogP contribution in [0.1, 0.15) is 30.4 Å². The normalized spacial score (nSPS) is 19.6. The number of rotatable bonds is 4. The van der Waals surface area contributed by atoms with Gasteiger partial charge in [-0.1, -0.05) is 42.8 Å². The molecule has 5 nitrogen and oxygen atoms in total. The summed E-state index contributed by atoms with van der Waals surface area (Å²) in [5, 5.41) is 6.09. The van der Waals surface area contributed by atoms with E-state index in [4.69, 9.17) is 4.74 Å². The number of piperidine rings is 1. The molecule has 27 heavy (non-hydrogen) atoms. The van der Waals surface area contributed by atoms with Crippen molar-refractivity contribution in [2.75, 3.05) is 25.0 Å². The molecule has 142 valence electrons. The Hall–Kier alpha value is -2.53. The first-order chi connectivity index (χ1) is 13.3. The van der Waals surface area contributed by atoms with E-state index in [0.29, 0.717) is 6.61 Å². The monoisotopic (exact) mass is 365 g/mol. The standard InChI is InChI=1S/C22H27N3O2/c26-22(23-19-14-17-8-3-5-11-21(17)27-16-19)24-20-10-4-2-9-18(20)15-25-12-6-1-7-13-25/h2-5,8-11,19H,1,6-7,12-16H2,(H2,23,24,26). The predicted molar refractivity (Wildman–Crippen MR) is 107 cm³/mol. The lowest BCUT2D eigenvalue weighted by Gasteiger charge is -2.28. The van der Waals surface area contributed by atoms with Crippen molar-refractivity contribution in [2.24, 2.45) is 0 Å². The van der Waals surface area contributed by atoms with Crippen LogP contribution in [0.2, 0.25) is 0 Å². The van der Waals surface area contributed by atoms with Gasteiger partial charge in [0.25, 0.3) is 0 Å². The van der Waals surface area contributed by atoms with Crippen LogP contribution in [0.15, 0.2) is 48.5 Å². The molecule has 1 unspecified atom stereocenters. The molecule has 2 aliphatic rings. The number of hydrogen-bond acceptors (Lipinski definition) is 3. The third-order valence-corrected chi connectivity index (χ3v) is 5.32. The highest BCUT2D eigenvalue weighted by atomic mass is 16.5. The first kappa shape index (κ1) is 17.9. The quantitative estimate of drug-likeness (QED) is 0.867. The molecule has 1 saturated heterocycles. The fourth-order valence-corrected chi connectivity index (χ4v) is 3.90. The lowest BCUT2D eigenvalue weighted by atomic mass is 10.0. The Morgan fingerprint density at radius 2 is 1.81 bits per heavy atom. The molecule has 5 heteroatoms. The molecule has 2 amide bonds. The molecule has 2 heterocycles. The fourth-order valence-electron chi connectivity index (χ4n) is 3.90. The minimum atomic E-state index is -0.172. The average Bonchev–Trinajstić information content (AvgIpc) is 2.70. The summed E-state index contributed by atoms with van der Waals surface area (Å²) in [4.78, 5) is 15.0. The van der Waals surface area contributed by atoms with Gasteiger partial charge in [0.1, 0.15) is 12.4 Å². The van der Waals surface area contributed by atoms with Gasteiger partial charge in [-0.15, -0.1) is 0 Å². The largest absolute Gasteiger partial charge is 0.491 e. The van der Waals surface area contributed by atoms with Crippen molar-refractivity contribution in [2.45, 2.75) is 38.3 Å². The van der Waals surface area contributed by atoms with Crippen molar-refractivity contribution in [3.05, 3.63) is 59.7 Å². The van der Waals surface area contributed by atoms with Crippen LogP contribution in [0.25, 0.3) is 0 Å². The maximum absolute atomic E-state index is 12.5. The SMILES string of the molecule is O=C(Nc1ccccc1CN1CCCCC1)NC1COc2ccccc2C1. The molecule has 2 aromatic carbocycles. The second-order valence-electron chi connectivity index (χ2n) is 7.41. The molecular weight excluding hydrogens is 338 g/mol. The van der Waals surface area contributed by atoms with E-state index >= 15 is 0 Å². The summed E-state index contributed by atoms with van der Waals surface area (Å²) in [5.41, 5.74) is 3.19. The van der Waals surface area contributed by atoms with Crippen LogP contribution in [0.3, 0.4) is 0 Å². The first-order valence-corrected chi connectivity index (χ1v) is 9.86. The molecule has 0 radical (unpaired) electrons. The summed E-state index contributed by atoms with van der Waals surface area (Å²) < 4.78 is 5.76. The van der Waals surface area contributed by atoms with Gasteiger partial charge in [0, 0.05) is 12.2 Å². The number of para-hydroxylation sites is 2. The van der Waals surface area contributed by atoms with Gasteiger partial charge < -0.3 is 15.4 Å². The third kappa shape index (κ3) is 4.61. The zero-order valence-corrected chi connectivity index (χ0v) is 15.6. The van der Waals surface area contributed by atoms with Gasteiger partial charge in [0.15, 0.2) is 0 Å². The number of amides is 2. The van der Waals surface area contributed by atoms with E-state index in [-0.39, 0.29) is 12.1 Å².